The minimum Gasteiger partial charge on any atom is -0.322 e. The Hall–Kier alpha value is -2.76. The number of hydrogen-bond donors (Lipinski definition) is 1. The van der Waals surface area contributed by atoms with E-state index in [1.807, 2.05) is 41.3 Å². The van der Waals surface area contributed by atoms with Crippen LogP contribution in [0.2, 0.25) is 5.02 Å². The molecule has 1 atom stereocenters. The van der Waals surface area contributed by atoms with E-state index in [2.05, 4.69) is 31.3 Å². The van der Waals surface area contributed by atoms with Crippen molar-refractivity contribution in [1.82, 2.24) is 0 Å². The predicted molar refractivity (Wildman–Crippen MR) is 129 cm³/mol. The molecule has 4 nitrogen and oxygen atoms in total. The second-order valence-corrected chi connectivity index (χ2v) is 9.26. The highest BCUT2D eigenvalue weighted by atomic mass is 35.5. The van der Waals surface area contributed by atoms with E-state index in [0.29, 0.717) is 27.9 Å². The van der Waals surface area contributed by atoms with Gasteiger partial charge in [-0.3, -0.25) is 14.5 Å². The number of nitrogens with one attached hydrogen (secondary N) is 1. The van der Waals surface area contributed by atoms with Gasteiger partial charge < -0.3 is 5.32 Å². The largest absolute Gasteiger partial charge is 0.322 e. The lowest BCUT2D eigenvalue weighted by Gasteiger charge is -2.25. The van der Waals surface area contributed by atoms with Crippen molar-refractivity contribution >= 4 is 46.6 Å². The van der Waals surface area contributed by atoms with E-state index in [9.17, 15) is 9.59 Å². The van der Waals surface area contributed by atoms with Crippen molar-refractivity contribution in [1.29, 1.82) is 0 Å². The van der Waals surface area contributed by atoms with Crippen molar-refractivity contribution in [3.63, 3.8) is 0 Å². The quantitative estimate of drug-likeness (QED) is 0.483. The van der Waals surface area contributed by atoms with Gasteiger partial charge in [-0.05, 0) is 65.6 Å². The summed E-state index contributed by atoms with van der Waals surface area (Å²) in [5.41, 5.74) is 4.42. The van der Waals surface area contributed by atoms with Gasteiger partial charge in [0.1, 0.15) is 5.37 Å². The Morgan fingerprint density at radius 3 is 2.26 bits per heavy atom. The first-order valence-electron chi connectivity index (χ1n) is 10.1. The second-order valence-electron chi connectivity index (χ2n) is 7.76. The molecule has 31 heavy (non-hydrogen) atoms. The first-order chi connectivity index (χ1) is 14.9. The third-order valence-corrected chi connectivity index (χ3v) is 6.73. The van der Waals surface area contributed by atoms with E-state index in [1.54, 1.807) is 36.0 Å². The van der Waals surface area contributed by atoms with Crippen molar-refractivity contribution in [2.24, 2.45) is 0 Å². The lowest BCUT2D eigenvalue weighted by Crippen LogP contribution is -2.27. The number of anilines is 2. The zero-order valence-electron chi connectivity index (χ0n) is 17.3. The molecule has 0 bridgehead atoms. The summed E-state index contributed by atoms with van der Waals surface area (Å²) in [5, 5.41) is 3.40. The first kappa shape index (κ1) is 21.5. The van der Waals surface area contributed by atoms with E-state index in [-0.39, 0.29) is 17.2 Å². The van der Waals surface area contributed by atoms with Crippen LogP contribution in [0, 0.1) is 0 Å². The highest BCUT2D eigenvalue weighted by molar-refractivity contribution is 8.00. The average Bonchev–Trinajstić information content (AvgIpc) is 3.16. The Labute approximate surface area is 191 Å². The Balaban J connectivity index is 1.50. The molecular weight excluding hydrogens is 428 g/mol. The molecule has 1 aliphatic rings. The van der Waals surface area contributed by atoms with Crippen LogP contribution < -0.4 is 10.2 Å². The van der Waals surface area contributed by atoms with Crippen LogP contribution in [-0.4, -0.2) is 17.6 Å². The van der Waals surface area contributed by atoms with Crippen LogP contribution in [0.25, 0.3) is 0 Å². The molecule has 0 aliphatic carbocycles. The number of nitrogens with zero attached hydrogens (tertiary/aromatic N) is 1. The van der Waals surface area contributed by atoms with Crippen LogP contribution in [0.3, 0.4) is 0 Å². The van der Waals surface area contributed by atoms with Crippen molar-refractivity contribution in [3.05, 3.63) is 94.5 Å². The number of hydrogen-bond acceptors (Lipinski definition) is 3. The Morgan fingerprint density at radius 1 is 1.00 bits per heavy atom. The molecule has 0 unspecified atom stereocenters. The van der Waals surface area contributed by atoms with Crippen molar-refractivity contribution in [3.8, 4) is 0 Å². The molecule has 6 heteroatoms. The minimum absolute atomic E-state index is 0.0848. The summed E-state index contributed by atoms with van der Waals surface area (Å²) in [7, 11) is 0. The van der Waals surface area contributed by atoms with Gasteiger partial charge in [0.15, 0.2) is 0 Å². The molecule has 1 aliphatic heterocycles. The van der Waals surface area contributed by atoms with E-state index in [0.717, 1.165) is 11.3 Å². The van der Waals surface area contributed by atoms with Crippen molar-refractivity contribution in [2.45, 2.75) is 25.1 Å². The van der Waals surface area contributed by atoms with Crippen molar-refractivity contribution in [2.75, 3.05) is 16.0 Å². The van der Waals surface area contributed by atoms with Gasteiger partial charge >= 0.3 is 0 Å². The highest BCUT2D eigenvalue weighted by Crippen LogP contribution is 2.42. The highest BCUT2D eigenvalue weighted by Gasteiger charge is 2.34. The molecule has 2 amide bonds. The summed E-state index contributed by atoms with van der Waals surface area (Å²) in [6, 6.07) is 22.6. The molecule has 1 heterocycles. The predicted octanol–water partition coefficient (Wildman–Crippen LogP) is 6.49. The van der Waals surface area contributed by atoms with E-state index in [4.69, 9.17) is 11.6 Å². The van der Waals surface area contributed by atoms with Gasteiger partial charge in [0.2, 0.25) is 5.91 Å². The third-order valence-electron chi connectivity index (χ3n) is 5.27. The van der Waals surface area contributed by atoms with Gasteiger partial charge in [-0.1, -0.05) is 49.7 Å². The summed E-state index contributed by atoms with van der Waals surface area (Å²) in [4.78, 5) is 26.9. The lowest BCUT2D eigenvalue weighted by atomic mass is 10.0. The molecule has 4 rings (SSSR count). The van der Waals surface area contributed by atoms with E-state index < -0.39 is 0 Å². The normalized spacial score (nSPS) is 16.1. The number of carbonyl (C=O) groups is 2. The Bertz CT molecular complexity index is 1080. The van der Waals surface area contributed by atoms with Crippen molar-refractivity contribution < 1.29 is 9.59 Å². The first-order valence-corrected chi connectivity index (χ1v) is 11.6. The lowest BCUT2D eigenvalue weighted by molar-refractivity contribution is -0.115. The van der Waals surface area contributed by atoms with Gasteiger partial charge in [0.05, 0.1) is 5.75 Å². The molecule has 1 saturated heterocycles. The fraction of sp³-hybridized carbons (Fsp3) is 0.200. The summed E-state index contributed by atoms with van der Waals surface area (Å²) < 4.78 is 0. The molecule has 3 aromatic rings. The zero-order chi connectivity index (χ0) is 22.0. The number of carbonyl (C=O) groups excluding carboxylic acids is 2. The van der Waals surface area contributed by atoms with Crippen LogP contribution in [0.1, 0.15) is 46.6 Å². The standard InChI is InChI=1S/C25H23ClN2O2S/c1-16(2)17-7-13-22(14-8-17)28-23(29)15-31-25(28)19-5-11-21(12-6-19)27-24(30)18-3-9-20(26)10-4-18/h3-14,16,25H,15H2,1-2H3,(H,27,30)/t25-/m1/s1. The SMILES string of the molecule is CC(C)c1ccc(N2C(=O)CS[C@@H]2c2ccc(NC(=O)c3ccc(Cl)cc3)cc2)cc1. The number of benzene rings is 3. The molecule has 0 spiro atoms. The van der Waals surface area contributed by atoms with Gasteiger partial charge in [0, 0.05) is 22.0 Å². The Morgan fingerprint density at radius 2 is 1.65 bits per heavy atom. The van der Waals surface area contributed by atoms with E-state index >= 15 is 0 Å². The van der Waals surface area contributed by atoms with Crippen LogP contribution >= 0.6 is 23.4 Å². The fourth-order valence-corrected chi connectivity index (χ4v) is 4.81. The molecule has 0 saturated carbocycles. The summed E-state index contributed by atoms with van der Waals surface area (Å²) in [6.07, 6.45) is 0. The number of halogens is 1. The summed E-state index contributed by atoms with van der Waals surface area (Å²) in [6.45, 7) is 4.31. The van der Waals surface area contributed by atoms with Gasteiger partial charge in [0.25, 0.3) is 5.91 Å². The van der Waals surface area contributed by atoms with Crippen LogP contribution in [0.15, 0.2) is 72.8 Å². The maximum atomic E-state index is 12.6. The molecule has 158 valence electrons. The zero-order valence-corrected chi connectivity index (χ0v) is 18.9. The third kappa shape index (κ3) is 4.78. The minimum atomic E-state index is -0.193. The second kappa shape index (κ2) is 9.16. The van der Waals surface area contributed by atoms with Crippen LogP contribution in [0.5, 0.6) is 0 Å². The monoisotopic (exact) mass is 450 g/mol. The topological polar surface area (TPSA) is 49.4 Å². The number of amides is 2. The summed E-state index contributed by atoms with van der Waals surface area (Å²) >= 11 is 7.49. The van der Waals surface area contributed by atoms with Gasteiger partial charge in [-0.2, -0.15) is 0 Å². The van der Waals surface area contributed by atoms with Crippen LogP contribution in [-0.2, 0) is 4.79 Å². The molecular formula is C25H23ClN2O2S. The van der Waals surface area contributed by atoms with Gasteiger partial charge in [-0.25, -0.2) is 0 Å². The molecule has 1 N–H and O–H groups in total. The molecule has 0 radical (unpaired) electrons. The molecule has 3 aromatic carbocycles. The summed E-state index contributed by atoms with van der Waals surface area (Å²) in [5.74, 6) is 0.810. The smallest absolute Gasteiger partial charge is 0.255 e. The molecule has 1 fully saturated rings. The average molecular weight is 451 g/mol. The number of thioether (sulfide) groups is 1. The van der Waals surface area contributed by atoms with Gasteiger partial charge in [-0.15, -0.1) is 11.8 Å². The number of rotatable bonds is 5. The van der Waals surface area contributed by atoms with Crippen LogP contribution in [0.4, 0.5) is 11.4 Å². The fourth-order valence-electron chi connectivity index (χ4n) is 3.51. The maximum absolute atomic E-state index is 12.6. The maximum Gasteiger partial charge on any atom is 0.255 e. The molecule has 0 aromatic heterocycles. The van der Waals surface area contributed by atoms with E-state index in [1.165, 1.54) is 5.56 Å². The Kier molecular flexibility index (Phi) is 6.35.